The molecule has 132 valence electrons. The molecule has 1 aliphatic heterocycles. The topological polar surface area (TPSA) is 89.9 Å². The molecule has 3 N–H and O–H groups in total. The third-order valence-corrected chi connectivity index (χ3v) is 5.16. The number of carbonyl (C=O) groups excluding carboxylic acids is 1. The lowest BCUT2D eigenvalue weighted by atomic mass is 9.68. The van der Waals surface area contributed by atoms with Gasteiger partial charge in [0.1, 0.15) is 12.3 Å². The lowest BCUT2D eigenvalue weighted by Gasteiger charge is -2.45. The summed E-state index contributed by atoms with van der Waals surface area (Å²) in [6.07, 6.45) is 1.26. The fourth-order valence-electron chi connectivity index (χ4n) is 3.33. The average molecular weight is 334 g/mol. The van der Waals surface area contributed by atoms with Crippen LogP contribution in [0.5, 0.6) is 5.75 Å². The van der Waals surface area contributed by atoms with E-state index in [0.29, 0.717) is 24.6 Å². The van der Waals surface area contributed by atoms with Crippen LogP contribution in [0.2, 0.25) is 0 Å². The van der Waals surface area contributed by atoms with Crippen LogP contribution >= 0.6 is 0 Å². The van der Waals surface area contributed by atoms with Crippen molar-refractivity contribution in [2.45, 2.75) is 32.1 Å². The van der Waals surface area contributed by atoms with E-state index in [4.69, 9.17) is 5.11 Å². The van der Waals surface area contributed by atoms with Crippen LogP contribution in [0.15, 0.2) is 24.3 Å². The lowest BCUT2D eigenvalue weighted by molar-refractivity contribution is -0.138. The fraction of sp³-hybridized carbons (Fsp3) is 0.556. The molecule has 1 amide bonds. The van der Waals surface area contributed by atoms with Gasteiger partial charge in [-0.25, -0.2) is 0 Å². The highest BCUT2D eigenvalue weighted by Gasteiger charge is 2.38. The summed E-state index contributed by atoms with van der Waals surface area (Å²) in [4.78, 5) is 24.3. The number of carbonyl (C=O) groups is 2. The Balaban J connectivity index is 1.88. The number of hydrogen-bond donors (Lipinski definition) is 3. The number of piperidine rings is 1. The van der Waals surface area contributed by atoms with Crippen LogP contribution in [0.4, 0.5) is 0 Å². The van der Waals surface area contributed by atoms with Gasteiger partial charge in [-0.1, -0.05) is 26.0 Å². The van der Waals surface area contributed by atoms with Gasteiger partial charge in [-0.15, -0.1) is 0 Å². The van der Waals surface area contributed by atoms with Crippen molar-refractivity contribution in [3.05, 3.63) is 29.8 Å². The van der Waals surface area contributed by atoms with Crippen molar-refractivity contribution in [3.63, 3.8) is 0 Å². The summed E-state index contributed by atoms with van der Waals surface area (Å²) in [7, 11) is 0. The highest BCUT2D eigenvalue weighted by Crippen LogP contribution is 2.40. The van der Waals surface area contributed by atoms with Gasteiger partial charge in [0.25, 0.3) is 0 Å². The number of nitrogens with one attached hydrogen (secondary N) is 1. The summed E-state index contributed by atoms with van der Waals surface area (Å²) in [5.41, 5.74) is 1.15. The minimum absolute atomic E-state index is 0.000800. The first-order chi connectivity index (χ1) is 11.3. The number of phenols is 1. The number of aromatic hydroxyl groups is 1. The van der Waals surface area contributed by atoms with Crippen molar-refractivity contribution in [2.24, 2.45) is 5.92 Å². The van der Waals surface area contributed by atoms with Gasteiger partial charge in [0.15, 0.2) is 0 Å². The maximum absolute atomic E-state index is 11.6. The Kier molecular flexibility index (Phi) is 5.83. The predicted octanol–water partition coefficient (Wildman–Crippen LogP) is 1.58. The molecule has 24 heavy (non-hydrogen) atoms. The Morgan fingerprint density at radius 1 is 1.42 bits per heavy atom. The van der Waals surface area contributed by atoms with Crippen LogP contribution in [0.1, 0.15) is 32.3 Å². The molecule has 6 nitrogen and oxygen atoms in total. The molecule has 2 rings (SSSR count). The molecule has 0 aliphatic carbocycles. The summed E-state index contributed by atoms with van der Waals surface area (Å²) >= 11 is 0. The third kappa shape index (κ3) is 4.47. The Morgan fingerprint density at radius 2 is 2.17 bits per heavy atom. The quantitative estimate of drug-likeness (QED) is 0.735. The molecule has 0 bridgehead atoms. The van der Waals surface area contributed by atoms with E-state index < -0.39 is 5.97 Å². The second kappa shape index (κ2) is 7.66. The van der Waals surface area contributed by atoms with E-state index >= 15 is 0 Å². The molecule has 1 fully saturated rings. The van der Waals surface area contributed by atoms with Crippen molar-refractivity contribution in [1.29, 1.82) is 0 Å². The van der Waals surface area contributed by atoms with E-state index in [-0.39, 0.29) is 17.9 Å². The molecule has 0 aromatic heterocycles. The molecular formula is C18H26N2O4. The molecule has 1 saturated heterocycles. The van der Waals surface area contributed by atoms with E-state index in [1.54, 1.807) is 6.07 Å². The Hall–Kier alpha value is -2.08. The van der Waals surface area contributed by atoms with Crippen LogP contribution in [0.3, 0.4) is 0 Å². The monoisotopic (exact) mass is 334 g/mol. The number of nitrogens with zero attached hydrogens (tertiary/aromatic N) is 1. The first kappa shape index (κ1) is 18.3. The van der Waals surface area contributed by atoms with Gasteiger partial charge in [0.2, 0.25) is 5.91 Å². The average Bonchev–Trinajstić information content (AvgIpc) is 2.54. The molecule has 1 unspecified atom stereocenters. The molecule has 0 saturated carbocycles. The molecule has 6 heteroatoms. The summed E-state index contributed by atoms with van der Waals surface area (Å²) in [5, 5.41) is 20.7. The second-order valence-corrected chi connectivity index (χ2v) is 6.84. The van der Waals surface area contributed by atoms with Crippen LogP contribution in [-0.4, -0.2) is 53.2 Å². The number of amides is 1. The first-order valence-electron chi connectivity index (χ1n) is 8.31. The minimum atomic E-state index is -1.03. The zero-order valence-electron chi connectivity index (χ0n) is 14.3. The van der Waals surface area contributed by atoms with E-state index in [0.717, 1.165) is 25.1 Å². The Labute approximate surface area is 142 Å². The van der Waals surface area contributed by atoms with Gasteiger partial charge in [0.05, 0.1) is 0 Å². The first-order valence-corrected chi connectivity index (χ1v) is 8.31. The second-order valence-electron chi connectivity index (χ2n) is 6.84. The SMILES string of the molecule is CC1CN(CCC(=O)NCC(=O)O)CC[C@@]1(C)c1cccc(O)c1. The summed E-state index contributed by atoms with van der Waals surface area (Å²) < 4.78 is 0. The van der Waals surface area contributed by atoms with Crippen molar-refractivity contribution in [2.75, 3.05) is 26.2 Å². The molecule has 1 aliphatic rings. The van der Waals surface area contributed by atoms with Gasteiger partial charge in [-0.3, -0.25) is 9.59 Å². The minimum Gasteiger partial charge on any atom is -0.508 e. The van der Waals surface area contributed by atoms with Gasteiger partial charge >= 0.3 is 5.97 Å². The number of likely N-dealkylation sites (tertiary alicyclic amines) is 1. The molecule has 1 aromatic rings. The maximum Gasteiger partial charge on any atom is 0.322 e. The summed E-state index contributed by atoms with van der Waals surface area (Å²) in [6.45, 7) is 6.47. The van der Waals surface area contributed by atoms with Gasteiger partial charge in [0, 0.05) is 19.5 Å². The number of aliphatic carboxylic acids is 1. The Morgan fingerprint density at radius 3 is 2.79 bits per heavy atom. The van der Waals surface area contributed by atoms with Crippen LogP contribution in [0, 0.1) is 5.92 Å². The molecule has 2 atom stereocenters. The van der Waals surface area contributed by atoms with Crippen molar-refractivity contribution < 1.29 is 19.8 Å². The molecule has 1 heterocycles. The Bertz CT molecular complexity index is 604. The van der Waals surface area contributed by atoms with E-state index in [2.05, 4.69) is 30.1 Å². The van der Waals surface area contributed by atoms with Crippen molar-refractivity contribution in [1.82, 2.24) is 10.2 Å². The number of phenolic OH excluding ortho intramolecular Hbond substituents is 1. The zero-order valence-corrected chi connectivity index (χ0v) is 14.3. The van der Waals surface area contributed by atoms with Gasteiger partial charge in [-0.05, 0) is 42.0 Å². The van der Waals surface area contributed by atoms with E-state index in [9.17, 15) is 14.7 Å². The number of carboxylic acid groups (broad SMARTS) is 1. The lowest BCUT2D eigenvalue weighted by Crippen LogP contribution is -2.48. The number of rotatable bonds is 6. The smallest absolute Gasteiger partial charge is 0.322 e. The molecule has 0 spiro atoms. The van der Waals surface area contributed by atoms with Crippen LogP contribution in [0.25, 0.3) is 0 Å². The summed E-state index contributed by atoms with van der Waals surface area (Å²) in [5.74, 6) is -0.586. The maximum atomic E-state index is 11.6. The molecular weight excluding hydrogens is 308 g/mol. The van der Waals surface area contributed by atoms with E-state index in [1.807, 2.05) is 12.1 Å². The van der Waals surface area contributed by atoms with Crippen LogP contribution < -0.4 is 5.32 Å². The normalized spacial score (nSPS) is 24.5. The largest absolute Gasteiger partial charge is 0.508 e. The fourth-order valence-corrected chi connectivity index (χ4v) is 3.33. The number of benzene rings is 1. The zero-order chi connectivity index (χ0) is 17.7. The van der Waals surface area contributed by atoms with E-state index in [1.165, 1.54) is 0 Å². The highest BCUT2D eigenvalue weighted by atomic mass is 16.4. The van der Waals surface area contributed by atoms with Crippen molar-refractivity contribution >= 4 is 11.9 Å². The summed E-state index contributed by atoms with van der Waals surface area (Å²) in [6, 6.07) is 7.46. The predicted molar refractivity (Wildman–Crippen MR) is 90.9 cm³/mol. The van der Waals surface area contributed by atoms with Gasteiger partial charge in [-0.2, -0.15) is 0 Å². The number of carboxylic acids is 1. The standard InChI is InChI=1S/C18H26N2O4/c1-13-12-20(8-6-16(22)19-11-17(23)24)9-7-18(13,2)14-4-3-5-15(21)10-14/h3-5,10,13,21H,6-9,11-12H2,1-2H3,(H,19,22)(H,23,24)/t13?,18-/m1/s1. The van der Waals surface area contributed by atoms with Crippen molar-refractivity contribution in [3.8, 4) is 5.75 Å². The highest BCUT2D eigenvalue weighted by molar-refractivity contribution is 5.81. The molecule has 1 aromatic carbocycles. The molecule has 0 radical (unpaired) electrons. The van der Waals surface area contributed by atoms with Gasteiger partial charge < -0.3 is 20.4 Å². The van der Waals surface area contributed by atoms with Crippen LogP contribution in [-0.2, 0) is 15.0 Å². The number of hydrogen-bond acceptors (Lipinski definition) is 4. The third-order valence-electron chi connectivity index (χ3n) is 5.16.